The molecule has 22 heavy (non-hydrogen) atoms. The number of hydrogen-bond donors (Lipinski definition) is 0. The summed E-state index contributed by atoms with van der Waals surface area (Å²) in [6, 6.07) is 6.16. The van der Waals surface area contributed by atoms with Crippen LogP contribution < -0.4 is 0 Å². The Labute approximate surface area is 141 Å². The van der Waals surface area contributed by atoms with E-state index in [0.29, 0.717) is 22.6 Å². The van der Waals surface area contributed by atoms with Gasteiger partial charge < -0.3 is 9.80 Å². The van der Waals surface area contributed by atoms with Crippen molar-refractivity contribution in [3.63, 3.8) is 0 Å². The van der Waals surface area contributed by atoms with Gasteiger partial charge in [0, 0.05) is 35.7 Å². The van der Waals surface area contributed by atoms with Gasteiger partial charge in [0.15, 0.2) is 0 Å². The van der Waals surface area contributed by atoms with E-state index < -0.39 is 0 Å². The fourth-order valence-electron chi connectivity index (χ4n) is 4.50. The minimum absolute atomic E-state index is 0.184. The lowest BCUT2D eigenvalue weighted by molar-refractivity contribution is 0.156. The molecule has 0 unspecified atom stereocenters. The molecule has 5 heteroatoms. The van der Waals surface area contributed by atoms with Crippen LogP contribution in [0, 0.1) is 11.8 Å². The summed E-state index contributed by atoms with van der Waals surface area (Å²) in [6.45, 7) is 2.23. The molecule has 4 rings (SSSR count). The molecule has 3 atom stereocenters. The number of fused-ring (bicyclic) bond motifs is 2. The van der Waals surface area contributed by atoms with Crippen LogP contribution in [0.5, 0.6) is 0 Å². The van der Waals surface area contributed by atoms with E-state index >= 15 is 0 Å². The molecule has 2 aliphatic carbocycles. The van der Waals surface area contributed by atoms with Gasteiger partial charge in [0.25, 0.3) is 0 Å². The van der Waals surface area contributed by atoms with Gasteiger partial charge in [0.05, 0.1) is 0 Å². The van der Waals surface area contributed by atoms with Crippen LogP contribution in [-0.2, 0) is 6.54 Å². The third-order valence-corrected chi connectivity index (χ3v) is 6.19. The Morgan fingerprint density at radius 2 is 2.00 bits per heavy atom. The zero-order valence-corrected chi connectivity index (χ0v) is 14.0. The summed E-state index contributed by atoms with van der Waals surface area (Å²) >= 11 is 12.2. The van der Waals surface area contributed by atoms with Crippen LogP contribution in [0.15, 0.2) is 18.2 Å². The molecular weight excluding hydrogens is 319 g/mol. The number of carbonyl (C=O) groups excluding carboxylic acids is 1. The average Bonchev–Trinajstić information content (AvgIpc) is 3.18. The summed E-state index contributed by atoms with van der Waals surface area (Å²) in [5, 5.41) is 1.27. The van der Waals surface area contributed by atoms with E-state index in [-0.39, 0.29) is 6.03 Å². The number of rotatable bonds is 3. The van der Waals surface area contributed by atoms with Gasteiger partial charge in [-0.3, -0.25) is 0 Å². The maximum atomic E-state index is 12.7. The van der Waals surface area contributed by atoms with Crippen LogP contribution in [0.3, 0.4) is 0 Å². The Kier molecular flexibility index (Phi) is 3.74. The predicted molar refractivity (Wildman–Crippen MR) is 88.2 cm³/mol. The van der Waals surface area contributed by atoms with Gasteiger partial charge in [-0.05, 0) is 48.8 Å². The van der Waals surface area contributed by atoms with Crippen LogP contribution in [0.4, 0.5) is 4.79 Å². The maximum Gasteiger partial charge on any atom is 0.320 e. The minimum Gasteiger partial charge on any atom is -0.320 e. The molecule has 3 aliphatic rings. The highest BCUT2D eigenvalue weighted by Gasteiger charge is 2.46. The first kappa shape index (κ1) is 14.6. The Morgan fingerprint density at radius 1 is 1.14 bits per heavy atom. The molecule has 3 fully saturated rings. The topological polar surface area (TPSA) is 23.6 Å². The van der Waals surface area contributed by atoms with Crippen molar-refractivity contribution in [1.82, 2.24) is 9.80 Å². The van der Waals surface area contributed by atoms with Crippen molar-refractivity contribution in [3.05, 3.63) is 33.8 Å². The molecular formula is C17H20Cl2N2O. The van der Waals surface area contributed by atoms with Gasteiger partial charge in [0.1, 0.15) is 0 Å². The van der Waals surface area contributed by atoms with Gasteiger partial charge in [-0.1, -0.05) is 35.7 Å². The third kappa shape index (κ3) is 2.48. The van der Waals surface area contributed by atoms with Crippen molar-refractivity contribution in [2.45, 2.75) is 38.3 Å². The zero-order valence-electron chi connectivity index (χ0n) is 12.5. The maximum absolute atomic E-state index is 12.7. The second-order valence-corrected chi connectivity index (χ2v) is 7.72. The highest BCUT2D eigenvalue weighted by molar-refractivity contribution is 6.35. The first-order chi connectivity index (χ1) is 10.6. The minimum atomic E-state index is 0.184. The van der Waals surface area contributed by atoms with E-state index in [1.54, 1.807) is 6.07 Å². The van der Waals surface area contributed by atoms with Crippen molar-refractivity contribution >= 4 is 29.2 Å². The van der Waals surface area contributed by atoms with Gasteiger partial charge >= 0.3 is 6.03 Å². The highest BCUT2D eigenvalue weighted by atomic mass is 35.5. The van der Waals surface area contributed by atoms with Crippen LogP contribution in [0.2, 0.25) is 10.0 Å². The number of carbonyl (C=O) groups is 1. The van der Waals surface area contributed by atoms with E-state index in [9.17, 15) is 4.79 Å². The van der Waals surface area contributed by atoms with Gasteiger partial charge in [-0.2, -0.15) is 0 Å². The largest absolute Gasteiger partial charge is 0.320 e. The first-order valence-corrected chi connectivity index (χ1v) is 8.87. The fourth-order valence-corrected chi connectivity index (χ4v) is 4.97. The van der Waals surface area contributed by atoms with E-state index in [1.807, 2.05) is 17.0 Å². The predicted octanol–water partition coefficient (Wildman–Crippen LogP) is 4.42. The summed E-state index contributed by atoms with van der Waals surface area (Å²) in [7, 11) is 0. The smallest absolute Gasteiger partial charge is 0.320 e. The molecule has 2 bridgehead atoms. The summed E-state index contributed by atoms with van der Waals surface area (Å²) in [6.07, 6.45) is 5.22. The normalized spacial score (nSPS) is 30.6. The Morgan fingerprint density at radius 3 is 2.68 bits per heavy atom. The van der Waals surface area contributed by atoms with Gasteiger partial charge in [0.2, 0.25) is 0 Å². The second-order valence-electron chi connectivity index (χ2n) is 6.88. The fraction of sp³-hybridized carbons (Fsp3) is 0.588. The Hall–Kier alpha value is -0.930. The molecule has 1 aromatic rings. The molecule has 2 amide bonds. The number of benzene rings is 1. The number of nitrogens with zero attached hydrogens (tertiary/aromatic N) is 2. The van der Waals surface area contributed by atoms with Crippen molar-refractivity contribution in [1.29, 1.82) is 0 Å². The molecule has 2 saturated carbocycles. The Balaban J connectivity index is 1.45. The molecule has 1 saturated heterocycles. The zero-order chi connectivity index (χ0) is 15.3. The number of urea groups is 1. The molecule has 0 N–H and O–H groups in total. The van der Waals surface area contributed by atoms with E-state index in [1.165, 1.54) is 25.7 Å². The lowest BCUT2D eigenvalue weighted by atomic mass is 9.94. The molecule has 1 aromatic carbocycles. The van der Waals surface area contributed by atoms with Gasteiger partial charge in [-0.15, -0.1) is 0 Å². The molecule has 1 aliphatic heterocycles. The summed E-state index contributed by atoms with van der Waals surface area (Å²) in [4.78, 5) is 16.8. The average molecular weight is 339 g/mol. The molecule has 0 spiro atoms. The van der Waals surface area contributed by atoms with Crippen LogP contribution >= 0.6 is 23.2 Å². The first-order valence-electron chi connectivity index (χ1n) is 8.11. The highest BCUT2D eigenvalue weighted by Crippen LogP contribution is 2.47. The lowest BCUT2D eigenvalue weighted by Gasteiger charge is -2.31. The summed E-state index contributed by atoms with van der Waals surface area (Å²) in [5.74, 6) is 1.61. The van der Waals surface area contributed by atoms with Crippen LogP contribution in [0.1, 0.15) is 31.2 Å². The second kappa shape index (κ2) is 5.61. The van der Waals surface area contributed by atoms with Crippen LogP contribution in [0.25, 0.3) is 0 Å². The Bertz CT molecular complexity index is 606. The van der Waals surface area contributed by atoms with E-state index in [0.717, 1.165) is 30.5 Å². The summed E-state index contributed by atoms with van der Waals surface area (Å²) < 4.78 is 0. The summed E-state index contributed by atoms with van der Waals surface area (Å²) in [5.41, 5.74) is 0.967. The standard InChI is InChI=1S/C17H20Cl2N2O/c18-14-4-3-13(15(19)9-14)10-20-5-6-21(17(20)22)16-8-11-1-2-12(16)7-11/h3-4,9,11-12,16H,1-2,5-8,10H2/t11-,12+,16+/m0/s1. The van der Waals surface area contributed by atoms with Crippen molar-refractivity contribution in [3.8, 4) is 0 Å². The van der Waals surface area contributed by atoms with Crippen molar-refractivity contribution in [2.24, 2.45) is 11.8 Å². The quantitative estimate of drug-likeness (QED) is 0.800. The monoisotopic (exact) mass is 338 g/mol. The van der Waals surface area contributed by atoms with Gasteiger partial charge in [-0.25, -0.2) is 4.79 Å². The van der Waals surface area contributed by atoms with E-state index in [2.05, 4.69) is 4.90 Å². The van der Waals surface area contributed by atoms with Crippen molar-refractivity contribution < 1.29 is 4.79 Å². The number of halogens is 2. The molecule has 0 aromatic heterocycles. The number of hydrogen-bond acceptors (Lipinski definition) is 1. The molecule has 1 heterocycles. The molecule has 118 valence electrons. The third-order valence-electron chi connectivity index (χ3n) is 5.60. The number of amides is 2. The lowest BCUT2D eigenvalue weighted by Crippen LogP contribution is -2.42. The van der Waals surface area contributed by atoms with E-state index in [4.69, 9.17) is 23.2 Å². The molecule has 0 radical (unpaired) electrons. The van der Waals surface area contributed by atoms with Crippen molar-refractivity contribution in [2.75, 3.05) is 13.1 Å². The van der Waals surface area contributed by atoms with Crippen LogP contribution in [-0.4, -0.2) is 35.0 Å². The molecule has 3 nitrogen and oxygen atoms in total. The SMILES string of the molecule is O=C1N(Cc2ccc(Cl)cc2Cl)CCN1[C@@H]1C[C@H]2CC[C@@H]1C2.